The van der Waals surface area contributed by atoms with E-state index < -0.39 is 0 Å². The minimum atomic E-state index is -0.310. The highest BCUT2D eigenvalue weighted by Crippen LogP contribution is 2.45. The molecule has 0 radical (unpaired) electrons. The highest BCUT2D eigenvalue weighted by molar-refractivity contribution is 6.09. The number of hydrogen-bond acceptors (Lipinski definition) is 5. The van der Waals surface area contributed by atoms with Crippen molar-refractivity contribution < 1.29 is 4.79 Å². The molecule has 6 heteroatoms. The zero-order valence-corrected chi connectivity index (χ0v) is 15.9. The Balaban J connectivity index is 1.69. The van der Waals surface area contributed by atoms with Gasteiger partial charge < -0.3 is 0 Å². The van der Waals surface area contributed by atoms with Crippen LogP contribution in [0.1, 0.15) is 38.3 Å². The van der Waals surface area contributed by atoms with Gasteiger partial charge in [0.1, 0.15) is 5.78 Å². The van der Waals surface area contributed by atoms with Crippen LogP contribution in [0.5, 0.6) is 0 Å². The van der Waals surface area contributed by atoms with Crippen LogP contribution in [-0.2, 0) is 4.79 Å². The van der Waals surface area contributed by atoms with E-state index in [-0.39, 0.29) is 23.2 Å². The summed E-state index contributed by atoms with van der Waals surface area (Å²) in [7, 11) is 0. The molecule has 28 heavy (non-hydrogen) atoms. The Morgan fingerprint density at radius 1 is 1.07 bits per heavy atom. The first-order chi connectivity index (χ1) is 13.5. The molecule has 2 unspecified atom stereocenters. The molecule has 140 valence electrons. The molecule has 1 aromatic carbocycles. The first-order valence-electron chi connectivity index (χ1n) is 9.54. The molecule has 5 rings (SSSR count). The van der Waals surface area contributed by atoms with Crippen LogP contribution >= 0.6 is 0 Å². The van der Waals surface area contributed by atoms with Crippen molar-refractivity contribution >= 4 is 17.4 Å². The maximum absolute atomic E-state index is 13.2. The zero-order chi connectivity index (χ0) is 19.3. The van der Waals surface area contributed by atoms with Gasteiger partial charge in [0.05, 0.1) is 12.0 Å². The normalized spacial score (nSPS) is 22.9. The number of fused-ring (bicyclic) bond motifs is 2. The average Bonchev–Trinajstić information content (AvgIpc) is 3.10. The summed E-state index contributed by atoms with van der Waals surface area (Å²) in [6.45, 7) is 4.24. The Morgan fingerprint density at radius 3 is 2.64 bits per heavy atom. The fourth-order valence-electron chi connectivity index (χ4n) is 4.34. The van der Waals surface area contributed by atoms with Crippen LogP contribution in [0.25, 0.3) is 11.4 Å². The Hall–Kier alpha value is -3.15. The van der Waals surface area contributed by atoms with Gasteiger partial charge in [-0.1, -0.05) is 50.2 Å². The molecular formula is C22H21N5O. The SMILES string of the molecule is CC1(C)CC(=O)C2C(=Nc3nc(-c4ccccc4)nn3C2c2cccnc2)C1. The Kier molecular flexibility index (Phi) is 3.75. The summed E-state index contributed by atoms with van der Waals surface area (Å²) < 4.78 is 1.81. The lowest BCUT2D eigenvalue weighted by atomic mass is 9.68. The number of nitrogens with zero attached hydrogens (tertiary/aromatic N) is 5. The summed E-state index contributed by atoms with van der Waals surface area (Å²) in [4.78, 5) is 26.9. The van der Waals surface area contributed by atoms with Crippen LogP contribution in [0, 0.1) is 11.3 Å². The van der Waals surface area contributed by atoms with Gasteiger partial charge in [-0.3, -0.25) is 9.78 Å². The fourth-order valence-corrected chi connectivity index (χ4v) is 4.34. The number of hydrogen-bond donors (Lipinski definition) is 0. The van der Waals surface area contributed by atoms with Crippen molar-refractivity contribution in [1.29, 1.82) is 0 Å². The van der Waals surface area contributed by atoms with Crippen LogP contribution < -0.4 is 0 Å². The van der Waals surface area contributed by atoms with Crippen LogP contribution in [-0.4, -0.2) is 31.2 Å². The third-order valence-electron chi connectivity index (χ3n) is 5.51. The minimum Gasteiger partial charge on any atom is -0.299 e. The molecule has 0 spiro atoms. The van der Waals surface area contributed by atoms with Crippen LogP contribution in [0.4, 0.5) is 5.95 Å². The number of aliphatic imine (C=N–C) groups is 1. The van der Waals surface area contributed by atoms with Gasteiger partial charge in [0.2, 0.25) is 5.95 Å². The predicted octanol–water partition coefficient (Wildman–Crippen LogP) is 4.02. The molecule has 1 fully saturated rings. The Morgan fingerprint density at radius 2 is 1.89 bits per heavy atom. The third kappa shape index (κ3) is 2.76. The van der Waals surface area contributed by atoms with E-state index in [4.69, 9.17) is 15.1 Å². The number of carbonyl (C=O) groups excluding carboxylic acids is 1. The lowest BCUT2D eigenvalue weighted by Gasteiger charge is -2.39. The number of pyridine rings is 1. The molecule has 2 atom stereocenters. The van der Waals surface area contributed by atoms with E-state index in [1.807, 2.05) is 53.3 Å². The quantitative estimate of drug-likeness (QED) is 0.682. The van der Waals surface area contributed by atoms with Crippen molar-refractivity contribution in [3.8, 4) is 11.4 Å². The van der Waals surface area contributed by atoms with E-state index in [0.717, 1.165) is 23.3 Å². The zero-order valence-electron chi connectivity index (χ0n) is 15.9. The molecule has 2 aromatic heterocycles. The summed E-state index contributed by atoms with van der Waals surface area (Å²) in [5.41, 5.74) is 2.72. The summed E-state index contributed by atoms with van der Waals surface area (Å²) >= 11 is 0. The summed E-state index contributed by atoms with van der Waals surface area (Å²) in [5, 5.41) is 4.76. The van der Waals surface area contributed by atoms with Crippen molar-refractivity contribution in [2.75, 3.05) is 0 Å². The van der Waals surface area contributed by atoms with E-state index in [9.17, 15) is 4.79 Å². The average molecular weight is 371 g/mol. The van der Waals surface area contributed by atoms with Crippen molar-refractivity contribution in [3.63, 3.8) is 0 Å². The molecule has 1 aliphatic carbocycles. The molecule has 0 saturated heterocycles. The van der Waals surface area contributed by atoms with Crippen molar-refractivity contribution in [1.82, 2.24) is 19.7 Å². The smallest absolute Gasteiger partial charge is 0.248 e. The fraction of sp³-hybridized carbons (Fsp3) is 0.318. The summed E-state index contributed by atoms with van der Waals surface area (Å²) in [5.74, 6) is 1.09. The molecule has 3 aromatic rings. The second-order valence-electron chi connectivity index (χ2n) is 8.34. The number of aromatic nitrogens is 4. The van der Waals surface area contributed by atoms with Gasteiger partial charge in [-0.05, 0) is 23.5 Å². The Bertz CT molecular complexity index is 1070. The van der Waals surface area contributed by atoms with Gasteiger partial charge in [-0.15, -0.1) is 5.10 Å². The first kappa shape index (κ1) is 17.0. The number of ketones is 1. The second kappa shape index (κ2) is 6.19. The lowest BCUT2D eigenvalue weighted by molar-refractivity contribution is -0.124. The molecule has 2 aliphatic rings. The molecule has 0 N–H and O–H groups in total. The van der Waals surface area contributed by atoms with Crippen molar-refractivity contribution in [2.45, 2.75) is 32.7 Å². The van der Waals surface area contributed by atoms with Crippen LogP contribution in [0.15, 0.2) is 59.9 Å². The van der Waals surface area contributed by atoms with Crippen LogP contribution in [0.3, 0.4) is 0 Å². The maximum atomic E-state index is 13.2. The van der Waals surface area contributed by atoms with E-state index in [1.165, 1.54) is 0 Å². The van der Waals surface area contributed by atoms with Crippen molar-refractivity contribution in [3.05, 3.63) is 60.4 Å². The molecule has 0 amide bonds. The second-order valence-corrected chi connectivity index (χ2v) is 8.34. The summed E-state index contributed by atoms with van der Waals surface area (Å²) in [6, 6.07) is 13.5. The lowest BCUT2D eigenvalue weighted by Crippen LogP contribution is -2.44. The van der Waals surface area contributed by atoms with Gasteiger partial charge >= 0.3 is 0 Å². The summed E-state index contributed by atoms with van der Waals surface area (Å²) in [6.07, 6.45) is 4.88. The van der Waals surface area contributed by atoms with E-state index in [0.29, 0.717) is 18.2 Å². The first-order valence-corrected chi connectivity index (χ1v) is 9.54. The third-order valence-corrected chi connectivity index (χ3v) is 5.51. The van der Waals surface area contributed by atoms with E-state index in [1.54, 1.807) is 6.20 Å². The number of benzene rings is 1. The molecular weight excluding hydrogens is 350 g/mol. The van der Waals surface area contributed by atoms with Gasteiger partial charge in [-0.25, -0.2) is 9.67 Å². The number of Topliss-reactive ketones (excluding diaryl/α,β-unsaturated/α-hetero) is 1. The molecule has 6 nitrogen and oxygen atoms in total. The van der Waals surface area contributed by atoms with E-state index >= 15 is 0 Å². The van der Waals surface area contributed by atoms with Gasteiger partial charge in [-0.2, -0.15) is 4.98 Å². The molecule has 1 aliphatic heterocycles. The minimum absolute atomic E-state index is 0.0869. The number of rotatable bonds is 2. The topological polar surface area (TPSA) is 73.0 Å². The molecule has 3 heterocycles. The van der Waals surface area contributed by atoms with Gasteiger partial charge in [0.15, 0.2) is 5.82 Å². The predicted molar refractivity (Wildman–Crippen MR) is 106 cm³/mol. The standard InChI is InChI=1S/C22H21N5O/c1-22(2)11-16-18(17(28)12-22)19(15-9-6-10-23-13-15)27-21(24-16)25-20(26-27)14-7-4-3-5-8-14/h3-10,13,18-19H,11-12H2,1-2H3. The molecule has 0 bridgehead atoms. The highest BCUT2D eigenvalue weighted by atomic mass is 16.1. The maximum Gasteiger partial charge on any atom is 0.248 e. The highest BCUT2D eigenvalue weighted by Gasteiger charge is 2.46. The van der Waals surface area contributed by atoms with Crippen LogP contribution in [0.2, 0.25) is 0 Å². The van der Waals surface area contributed by atoms with Gasteiger partial charge in [0.25, 0.3) is 0 Å². The van der Waals surface area contributed by atoms with Gasteiger partial charge in [0, 0.05) is 30.1 Å². The largest absolute Gasteiger partial charge is 0.299 e. The monoisotopic (exact) mass is 371 g/mol. The van der Waals surface area contributed by atoms with E-state index in [2.05, 4.69) is 18.8 Å². The Labute approximate surface area is 163 Å². The van der Waals surface area contributed by atoms with Crippen molar-refractivity contribution in [2.24, 2.45) is 16.3 Å². The molecule has 1 saturated carbocycles. The number of carbonyl (C=O) groups is 1.